The molecule has 0 aromatic carbocycles. The average Bonchev–Trinajstić information content (AvgIpc) is 3.14. The van der Waals surface area contributed by atoms with E-state index >= 15 is 0 Å². The Morgan fingerprint density at radius 3 is 2.35 bits per heavy atom. The van der Waals surface area contributed by atoms with Crippen LogP contribution in [0.2, 0.25) is 0 Å². The van der Waals surface area contributed by atoms with Crippen LogP contribution in [0.5, 0.6) is 0 Å². The highest BCUT2D eigenvalue weighted by molar-refractivity contribution is 7.12. The summed E-state index contributed by atoms with van der Waals surface area (Å²) in [4.78, 5) is 14.2. The molecule has 1 spiro atoms. The fourth-order valence-corrected chi connectivity index (χ4v) is 7.28. The standard InChI is InChI=1S/C19H22NO4S2/c1-20(2)12-9-11(10-18(20)15(12)16(18)21)24-17(22)19(23,13-5-3-7-25-13)14-6-4-8-26-14/h3-8,11-12,15-16,21,23H,9-10H2,1-2H3/q+1. The number of thiophene rings is 2. The Hall–Kier alpha value is -1.25. The van der Waals surface area contributed by atoms with Crippen molar-refractivity contribution < 1.29 is 24.2 Å². The van der Waals surface area contributed by atoms with E-state index in [1.54, 1.807) is 12.1 Å². The smallest absolute Gasteiger partial charge is 0.349 e. The summed E-state index contributed by atoms with van der Waals surface area (Å²) in [7, 11) is 4.31. The molecule has 2 aromatic heterocycles. The van der Waals surface area contributed by atoms with Gasteiger partial charge >= 0.3 is 5.97 Å². The molecule has 2 bridgehead atoms. The number of aliphatic hydroxyl groups excluding tert-OH is 1. The molecule has 2 N–H and O–H groups in total. The minimum Gasteiger partial charge on any atom is -0.459 e. The van der Waals surface area contributed by atoms with Gasteiger partial charge in [0, 0.05) is 12.8 Å². The summed E-state index contributed by atoms with van der Waals surface area (Å²) in [5.41, 5.74) is -1.91. The third-order valence-electron chi connectivity index (χ3n) is 7.02. The molecule has 138 valence electrons. The molecule has 2 aliphatic carbocycles. The first-order valence-electron chi connectivity index (χ1n) is 8.86. The van der Waals surface area contributed by atoms with Gasteiger partial charge in [0.2, 0.25) is 5.60 Å². The van der Waals surface area contributed by atoms with Gasteiger partial charge in [0.15, 0.2) is 0 Å². The first-order valence-corrected chi connectivity index (χ1v) is 10.6. The molecule has 4 fully saturated rings. The highest BCUT2D eigenvalue weighted by Crippen LogP contribution is 2.71. The highest BCUT2D eigenvalue weighted by atomic mass is 32.1. The lowest BCUT2D eigenvalue weighted by Gasteiger charge is -2.58. The number of esters is 1. The normalized spacial score (nSPS) is 36.8. The molecule has 5 nitrogen and oxygen atoms in total. The van der Waals surface area contributed by atoms with Crippen molar-refractivity contribution in [3.63, 3.8) is 0 Å². The summed E-state index contributed by atoms with van der Waals surface area (Å²) in [5, 5.41) is 25.4. The molecule has 4 aliphatic rings. The van der Waals surface area contributed by atoms with Crippen LogP contribution in [0, 0.1) is 5.92 Å². The van der Waals surface area contributed by atoms with Crippen LogP contribution in [0.15, 0.2) is 35.0 Å². The van der Waals surface area contributed by atoms with Crippen LogP contribution in [-0.2, 0) is 15.1 Å². The average molecular weight is 393 g/mol. The van der Waals surface area contributed by atoms with Crippen LogP contribution >= 0.6 is 22.7 Å². The number of rotatable bonds is 4. The minimum atomic E-state index is -1.76. The first-order chi connectivity index (χ1) is 12.3. The van der Waals surface area contributed by atoms with Gasteiger partial charge in [-0.3, -0.25) is 0 Å². The number of fused-ring (bicyclic) bond motifs is 2. The molecule has 26 heavy (non-hydrogen) atoms. The van der Waals surface area contributed by atoms with E-state index in [2.05, 4.69) is 14.1 Å². The van der Waals surface area contributed by atoms with E-state index in [1.165, 1.54) is 22.7 Å². The number of hydrogen-bond acceptors (Lipinski definition) is 6. The zero-order valence-corrected chi connectivity index (χ0v) is 16.3. The molecule has 0 amide bonds. The number of quaternary nitrogens is 1. The molecule has 5 unspecified atom stereocenters. The summed E-state index contributed by atoms with van der Waals surface area (Å²) in [6, 6.07) is 7.51. The Labute approximate surface area is 160 Å². The SMILES string of the molecule is C[N+]1(C)C2CC(OC(=O)C(O)(c3cccs3)c3cccs3)CC13C(O)C23. The van der Waals surface area contributed by atoms with Crippen LogP contribution < -0.4 is 0 Å². The third kappa shape index (κ3) is 1.83. The topological polar surface area (TPSA) is 66.8 Å². The van der Waals surface area contributed by atoms with Gasteiger partial charge in [0.25, 0.3) is 0 Å². The lowest BCUT2D eigenvalue weighted by Crippen LogP contribution is -2.73. The van der Waals surface area contributed by atoms with Gasteiger partial charge in [-0.2, -0.15) is 0 Å². The van der Waals surface area contributed by atoms with Crippen LogP contribution in [0.4, 0.5) is 0 Å². The molecular weight excluding hydrogens is 370 g/mol. The molecule has 0 radical (unpaired) electrons. The Morgan fingerprint density at radius 2 is 1.88 bits per heavy atom. The Morgan fingerprint density at radius 1 is 1.27 bits per heavy atom. The second kappa shape index (κ2) is 5.17. The number of aliphatic hydroxyl groups is 2. The van der Waals surface area contributed by atoms with E-state index < -0.39 is 11.6 Å². The number of nitrogens with zero attached hydrogens (tertiary/aromatic N) is 1. The maximum absolute atomic E-state index is 13.1. The molecule has 2 saturated heterocycles. The van der Waals surface area contributed by atoms with Crippen molar-refractivity contribution in [2.75, 3.05) is 14.1 Å². The fourth-order valence-electron chi connectivity index (χ4n) is 5.57. The van der Waals surface area contributed by atoms with Crippen LogP contribution in [-0.4, -0.2) is 58.5 Å². The predicted octanol–water partition coefficient (Wildman–Crippen LogP) is 1.94. The first kappa shape index (κ1) is 16.9. The number of piperidine rings is 1. The predicted molar refractivity (Wildman–Crippen MR) is 98.9 cm³/mol. The summed E-state index contributed by atoms with van der Waals surface area (Å²) >= 11 is 2.70. The van der Waals surface area contributed by atoms with Crippen LogP contribution in [0.25, 0.3) is 0 Å². The second-order valence-electron chi connectivity index (χ2n) is 8.20. The van der Waals surface area contributed by atoms with Crippen molar-refractivity contribution in [1.29, 1.82) is 0 Å². The summed E-state index contributed by atoms with van der Waals surface area (Å²) in [6.07, 6.45) is 0.866. The molecule has 2 aliphatic heterocycles. The Balaban J connectivity index is 1.40. The minimum absolute atomic E-state index is 0.155. The number of hydrogen-bond donors (Lipinski definition) is 2. The quantitative estimate of drug-likeness (QED) is 0.616. The van der Waals surface area contributed by atoms with E-state index in [-0.39, 0.29) is 17.7 Å². The highest BCUT2D eigenvalue weighted by Gasteiger charge is 2.91. The van der Waals surface area contributed by atoms with Crippen molar-refractivity contribution in [2.24, 2.45) is 5.92 Å². The molecule has 5 atom stereocenters. The van der Waals surface area contributed by atoms with Gasteiger partial charge in [-0.1, -0.05) is 12.1 Å². The second-order valence-corrected chi connectivity index (χ2v) is 10.1. The Kier molecular flexibility index (Phi) is 3.36. The van der Waals surface area contributed by atoms with E-state index in [4.69, 9.17) is 4.74 Å². The lowest BCUT2D eigenvalue weighted by atomic mass is 9.75. The number of likely N-dealkylation sites (N-methyl/N-ethyl adjacent to an activating group) is 1. The third-order valence-corrected chi connectivity index (χ3v) is 8.98. The monoisotopic (exact) mass is 392 g/mol. The van der Waals surface area contributed by atoms with Gasteiger partial charge in [0.05, 0.1) is 23.8 Å². The summed E-state index contributed by atoms with van der Waals surface area (Å²) in [6.45, 7) is 0. The molecule has 2 saturated carbocycles. The van der Waals surface area contributed by atoms with E-state index in [0.29, 0.717) is 28.1 Å². The van der Waals surface area contributed by atoms with E-state index in [0.717, 1.165) is 10.9 Å². The van der Waals surface area contributed by atoms with Crippen LogP contribution in [0.3, 0.4) is 0 Å². The number of carbonyl (C=O) groups is 1. The molecule has 6 rings (SSSR count). The van der Waals surface area contributed by atoms with Crippen molar-refractivity contribution in [1.82, 2.24) is 0 Å². The van der Waals surface area contributed by atoms with Gasteiger partial charge in [-0.05, 0) is 22.9 Å². The van der Waals surface area contributed by atoms with Crippen molar-refractivity contribution in [3.05, 3.63) is 44.8 Å². The van der Waals surface area contributed by atoms with Crippen molar-refractivity contribution in [3.8, 4) is 0 Å². The molecule has 2 aromatic rings. The largest absolute Gasteiger partial charge is 0.459 e. The lowest BCUT2D eigenvalue weighted by molar-refractivity contribution is -0.995. The van der Waals surface area contributed by atoms with Gasteiger partial charge in [-0.15, -0.1) is 22.7 Å². The summed E-state index contributed by atoms with van der Waals surface area (Å²) < 4.78 is 6.65. The maximum atomic E-state index is 13.1. The number of carbonyl (C=O) groups excluding carboxylic acids is 1. The maximum Gasteiger partial charge on any atom is 0.349 e. The molecule has 4 heterocycles. The Bertz CT molecular complexity index is 813. The van der Waals surface area contributed by atoms with Crippen molar-refractivity contribution >= 4 is 28.6 Å². The van der Waals surface area contributed by atoms with Crippen molar-refractivity contribution in [2.45, 2.75) is 42.2 Å². The fraction of sp³-hybridized carbons (Fsp3) is 0.526. The number of ether oxygens (including phenoxy) is 1. The molecular formula is C19H22NO4S2+. The van der Waals surface area contributed by atoms with Gasteiger partial charge in [-0.25, -0.2) is 4.79 Å². The van der Waals surface area contributed by atoms with E-state index in [9.17, 15) is 15.0 Å². The van der Waals surface area contributed by atoms with Gasteiger partial charge < -0.3 is 19.4 Å². The van der Waals surface area contributed by atoms with Crippen LogP contribution in [0.1, 0.15) is 22.6 Å². The molecule has 7 heteroatoms. The van der Waals surface area contributed by atoms with Gasteiger partial charge in [0.1, 0.15) is 29.7 Å². The summed E-state index contributed by atoms with van der Waals surface area (Å²) in [5.74, 6) is -0.261. The van der Waals surface area contributed by atoms with E-state index in [1.807, 2.05) is 22.9 Å². The zero-order chi connectivity index (χ0) is 18.3. The zero-order valence-electron chi connectivity index (χ0n) is 14.7.